The van der Waals surface area contributed by atoms with E-state index < -0.39 is 0 Å². The molecule has 0 saturated heterocycles. The van der Waals surface area contributed by atoms with E-state index in [0.717, 1.165) is 5.52 Å². The number of benzene rings is 3. The minimum atomic E-state index is 1.11. The van der Waals surface area contributed by atoms with Crippen LogP contribution in [0.25, 0.3) is 51.6 Å². The van der Waals surface area contributed by atoms with Gasteiger partial charge in [-0.15, -0.1) is 22.7 Å². The number of aromatic nitrogens is 1. The summed E-state index contributed by atoms with van der Waals surface area (Å²) in [5.41, 5.74) is 4.97. The molecule has 0 spiro atoms. The average Bonchev–Trinajstić information content (AvgIpc) is 3.25. The summed E-state index contributed by atoms with van der Waals surface area (Å²) in [6.07, 6.45) is 1.88. The van der Waals surface area contributed by atoms with Gasteiger partial charge in [-0.2, -0.15) is 0 Å². The Hall–Kier alpha value is -2.75. The Labute approximate surface area is 164 Å². The third-order valence-electron chi connectivity index (χ3n) is 5.26. The quantitative estimate of drug-likeness (QED) is 0.283. The molecule has 0 unspecified atom stereocenters. The van der Waals surface area contributed by atoms with Gasteiger partial charge in [-0.3, -0.25) is 4.98 Å². The molecule has 3 aromatic carbocycles. The van der Waals surface area contributed by atoms with Crippen LogP contribution >= 0.6 is 22.7 Å². The van der Waals surface area contributed by atoms with E-state index in [1.165, 1.54) is 51.6 Å². The van der Waals surface area contributed by atoms with E-state index >= 15 is 0 Å². The van der Waals surface area contributed by atoms with Crippen molar-refractivity contribution in [2.75, 3.05) is 0 Å². The zero-order valence-corrected chi connectivity index (χ0v) is 16.3. The van der Waals surface area contributed by atoms with E-state index in [1.807, 2.05) is 34.9 Å². The second kappa shape index (κ2) is 5.62. The summed E-state index contributed by atoms with van der Waals surface area (Å²) in [6.45, 7) is 2.20. The third kappa shape index (κ3) is 2.25. The third-order valence-corrected chi connectivity index (χ3v) is 7.52. The van der Waals surface area contributed by atoms with Gasteiger partial charge in [0.15, 0.2) is 0 Å². The van der Waals surface area contributed by atoms with Crippen molar-refractivity contribution in [1.82, 2.24) is 4.98 Å². The summed E-state index contributed by atoms with van der Waals surface area (Å²) < 4.78 is 5.27. The monoisotopic (exact) mass is 381 g/mol. The van der Waals surface area contributed by atoms with Crippen molar-refractivity contribution in [2.24, 2.45) is 0 Å². The molecule has 27 heavy (non-hydrogen) atoms. The van der Waals surface area contributed by atoms with Crippen LogP contribution in [0.15, 0.2) is 72.9 Å². The van der Waals surface area contributed by atoms with E-state index in [9.17, 15) is 0 Å². The lowest BCUT2D eigenvalue weighted by molar-refractivity contribution is 1.44. The Bertz CT molecular complexity index is 1490. The molecule has 0 aliphatic carbocycles. The van der Waals surface area contributed by atoms with E-state index in [-0.39, 0.29) is 0 Å². The lowest BCUT2D eigenvalue weighted by Crippen LogP contribution is -1.79. The fourth-order valence-electron chi connectivity index (χ4n) is 3.96. The number of aryl methyl sites for hydroxylation is 1. The average molecular weight is 382 g/mol. The van der Waals surface area contributed by atoms with Crippen LogP contribution in [0.5, 0.6) is 0 Å². The van der Waals surface area contributed by atoms with Crippen molar-refractivity contribution >= 4 is 63.1 Å². The normalized spacial score (nSPS) is 11.9. The molecule has 3 aromatic heterocycles. The van der Waals surface area contributed by atoms with Crippen LogP contribution in [0.4, 0.5) is 0 Å². The number of thiophene rings is 2. The second-order valence-corrected chi connectivity index (χ2v) is 9.09. The highest BCUT2D eigenvalue weighted by molar-refractivity contribution is 7.26. The molecular weight excluding hydrogens is 366 g/mol. The van der Waals surface area contributed by atoms with Gasteiger partial charge >= 0.3 is 0 Å². The number of fused-ring (bicyclic) bond motifs is 6. The summed E-state index contributed by atoms with van der Waals surface area (Å²) >= 11 is 3.69. The van der Waals surface area contributed by atoms with Gasteiger partial charge in [-0.05, 0) is 66.1 Å². The van der Waals surface area contributed by atoms with Gasteiger partial charge in [0.05, 0.1) is 10.2 Å². The van der Waals surface area contributed by atoms with Crippen LogP contribution < -0.4 is 0 Å². The Morgan fingerprint density at radius 1 is 0.667 bits per heavy atom. The van der Waals surface area contributed by atoms with Crippen LogP contribution in [0.1, 0.15) is 5.56 Å². The first-order valence-electron chi connectivity index (χ1n) is 8.97. The smallest absolute Gasteiger partial charge is 0.0888 e. The summed E-state index contributed by atoms with van der Waals surface area (Å²) in [6, 6.07) is 24.4. The van der Waals surface area contributed by atoms with Gasteiger partial charge in [-0.1, -0.05) is 24.3 Å². The minimum Gasteiger partial charge on any atom is -0.255 e. The molecule has 0 aliphatic rings. The zero-order valence-electron chi connectivity index (χ0n) is 14.7. The highest BCUT2D eigenvalue weighted by atomic mass is 32.1. The maximum atomic E-state index is 4.61. The maximum Gasteiger partial charge on any atom is 0.0888 e. The maximum absolute atomic E-state index is 4.61. The van der Waals surface area contributed by atoms with Crippen LogP contribution in [0, 0.1) is 6.92 Å². The standard InChI is InChI=1S/C24H15NS2/c1-14-4-2-5-21-23(14)17-12-15(7-9-19(17)26-21)16-8-10-20-18(13-16)24-22(27-20)6-3-11-25-24/h2-13H,1H3. The fraction of sp³-hybridized carbons (Fsp3) is 0.0417. The van der Waals surface area contributed by atoms with Crippen molar-refractivity contribution in [2.45, 2.75) is 6.92 Å². The molecule has 0 radical (unpaired) electrons. The predicted octanol–water partition coefficient (Wildman–Crippen LogP) is 7.79. The van der Waals surface area contributed by atoms with Crippen molar-refractivity contribution in [3.8, 4) is 11.1 Å². The highest BCUT2D eigenvalue weighted by Crippen LogP contribution is 2.39. The first kappa shape index (κ1) is 15.3. The summed E-state index contributed by atoms with van der Waals surface area (Å²) in [5.74, 6) is 0. The van der Waals surface area contributed by atoms with E-state index in [2.05, 4.69) is 72.6 Å². The van der Waals surface area contributed by atoms with E-state index in [0.29, 0.717) is 0 Å². The Morgan fingerprint density at radius 3 is 2.22 bits per heavy atom. The number of hydrogen-bond acceptors (Lipinski definition) is 3. The molecule has 0 fully saturated rings. The van der Waals surface area contributed by atoms with Crippen LogP contribution in [-0.4, -0.2) is 4.98 Å². The molecule has 6 rings (SSSR count). The van der Waals surface area contributed by atoms with E-state index in [1.54, 1.807) is 0 Å². The van der Waals surface area contributed by atoms with Gasteiger partial charge < -0.3 is 0 Å². The molecule has 128 valence electrons. The SMILES string of the molecule is Cc1cccc2sc3ccc(-c4ccc5sc6cccnc6c5c4)cc3c12. The molecule has 6 aromatic rings. The minimum absolute atomic E-state index is 1.11. The summed E-state index contributed by atoms with van der Waals surface area (Å²) in [5, 5.41) is 4.00. The van der Waals surface area contributed by atoms with Gasteiger partial charge in [0.25, 0.3) is 0 Å². The lowest BCUT2D eigenvalue weighted by atomic mass is 10.0. The number of rotatable bonds is 1. The van der Waals surface area contributed by atoms with Crippen molar-refractivity contribution in [3.63, 3.8) is 0 Å². The van der Waals surface area contributed by atoms with Gasteiger partial charge in [0.2, 0.25) is 0 Å². The Morgan fingerprint density at radius 2 is 1.37 bits per heavy atom. The van der Waals surface area contributed by atoms with Crippen LogP contribution in [-0.2, 0) is 0 Å². The highest BCUT2D eigenvalue weighted by Gasteiger charge is 2.11. The first-order valence-corrected chi connectivity index (χ1v) is 10.6. The molecule has 0 bridgehead atoms. The zero-order chi connectivity index (χ0) is 18.0. The number of hydrogen-bond donors (Lipinski definition) is 0. The number of nitrogens with zero attached hydrogens (tertiary/aromatic N) is 1. The summed E-state index contributed by atoms with van der Waals surface area (Å²) in [4.78, 5) is 4.61. The van der Waals surface area contributed by atoms with Crippen molar-refractivity contribution in [1.29, 1.82) is 0 Å². The van der Waals surface area contributed by atoms with Gasteiger partial charge in [-0.25, -0.2) is 0 Å². The second-order valence-electron chi connectivity index (χ2n) is 6.92. The number of pyridine rings is 1. The van der Waals surface area contributed by atoms with Crippen molar-refractivity contribution in [3.05, 3.63) is 78.5 Å². The van der Waals surface area contributed by atoms with Crippen LogP contribution in [0.3, 0.4) is 0 Å². The predicted molar refractivity (Wildman–Crippen MR) is 120 cm³/mol. The van der Waals surface area contributed by atoms with E-state index in [4.69, 9.17) is 0 Å². The van der Waals surface area contributed by atoms with Gasteiger partial charge in [0, 0.05) is 36.5 Å². The largest absolute Gasteiger partial charge is 0.255 e. The van der Waals surface area contributed by atoms with Gasteiger partial charge in [0.1, 0.15) is 0 Å². The van der Waals surface area contributed by atoms with Crippen LogP contribution in [0.2, 0.25) is 0 Å². The molecule has 0 N–H and O–H groups in total. The Kier molecular flexibility index (Phi) is 3.19. The fourth-order valence-corrected chi connectivity index (χ4v) is 6.17. The van der Waals surface area contributed by atoms with Crippen molar-refractivity contribution < 1.29 is 0 Å². The summed E-state index contributed by atoms with van der Waals surface area (Å²) in [7, 11) is 0. The molecule has 3 heteroatoms. The topological polar surface area (TPSA) is 12.9 Å². The molecule has 0 aliphatic heterocycles. The molecular formula is C24H15NS2. The lowest BCUT2D eigenvalue weighted by Gasteiger charge is -2.04. The molecule has 1 nitrogen and oxygen atoms in total. The molecule has 0 saturated carbocycles. The Balaban J connectivity index is 1.62. The molecule has 0 atom stereocenters. The molecule has 3 heterocycles. The first-order chi connectivity index (χ1) is 13.3. The molecule has 0 amide bonds.